The number of ketones is 2. The van der Waals surface area contributed by atoms with E-state index in [-0.39, 0.29) is 48.0 Å². The first-order valence-electron chi connectivity index (χ1n) is 15.4. The molecule has 2 saturated heterocycles. The van der Waals surface area contributed by atoms with Crippen LogP contribution in [0, 0.1) is 17.8 Å². The van der Waals surface area contributed by atoms with E-state index in [1.54, 1.807) is 4.90 Å². The number of ether oxygens (including phenoxy) is 1. The van der Waals surface area contributed by atoms with E-state index in [0.29, 0.717) is 26.1 Å². The SMILES string of the molecule is C/C(=C\C=C\[C@@H](C)COC(=O)N1CCCC1)[C@H]1C(=O)C(=O)CCCCC[C@@H](NC(=O)N2CCN(C)CC2)/C=C/[C@@H]1C. The summed E-state index contributed by atoms with van der Waals surface area (Å²) >= 11 is 0. The Morgan fingerprint density at radius 3 is 2.41 bits per heavy atom. The first kappa shape index (κ1) is 32.6. The lowest BCUT2D eigenvalue weighted by Crippen LogP contribution is -2.52. The van der Waals surface area contributed by atoms with Crippen LogP contribution in [0.4, 0.5) is 9.59 Å². The zero-order valence-electron chi connectivity index (χ0n) is 25.5. The Balaban J connectivity index is 1.65. The maximum atomic E-state index is 13.3. The van der Waals surface area contributed by atoms with E-state index in [1.807, 2.05) is 56.1 Å². The molecule has 0 bridgehead atoms. The van der Waals surface area contributed by atoms with Crippen molar-refractivity contribution in [3.05, 3.63) is 36.0 Å². The van der Waals surface area contributed by atoms with Gasteiger partial charge in [-0.2, -0.15) is 0 Å². The highest BCUT2D eigenvalue weighted by molar-refractivity contribution is 6.38. The maximum absolute atomic E-state index is 13.3. The van der Waals surface area contributed by atoms with Crippen LogP contribution in [0.15, 0.2) is 36.0 Å². The van der Waals surface area contributed by atoms with Crippen LogP contribution in [0.5, 0.6) is 0 Å². The Bertz CT molecular complexity index is 992. The molecule has 4 atom stereocenters. The summed E-state index contributed by atoms with van der Waals surface area (Å²) in [5.74, 6) is -1.43. The quantitative estimate of drug-likeness (QED) is 0.285. The van der Waals surface area contributed by atoms with Gasteiger partial charge in [-0.3, -0.25) is 9.59 Å². The molecular formula is C32H50N4O5. The molecule has 0 saturated carbocycles. The number of hydrogen-bond donors (Lipinski definition) is 1. The number of hydrogen-bond acceptors (Lipinski definition) is 6. The van der Waals surface area contributed by atoms with Crippen LogP contribution < -0.4 is 5.32 Å². The van der Waals surface area contributed by atoms with Gasteiger partial charge in [-0.05, 0) is 45.6 Å². The third kappa shape index (κ3) is 10.4. The number of rotatable bonds is 6. The minimum Gasteiger partial charge on any atom is -0.449 e. The minimum absolute atomic E-state index is 0.0150. The highest BCUT2D eigenvalue weighted by atomic mass is 16.6. The van der Waals surface area contributed by atoms with Crippen LogP contribution in [0.2, 0.25) is 0 Å². The second-order valence-electron chi connectivity index (χ2n) is 12.0. The minimum atomic E-state index is -0.569. The van der Waals surface area contributed by atoms with E-state index in [4.69, 9.17) is 4.74 Å². The lowest BCUT2D eigenvalue weighted by molar-refractivity contribution is -0.138. The van der Waals surface area contributed by atoms with Crippen molar-refractivity contribution in [2.45, 2.75) is 71.8 Å². The molecule has 228 valence electrons. The molecule has 0 aromatic carbocycles. The third-order valence-corrected chi connectivity index (χ3v) is 8.37. The standard InChI is InChI=1S/C32H50N4O5/c1-24(23-41-32(40)36-17-8-9-18-36)11-10-12-25(2)29-26(3)15-16-27(13-6-5-7-14-28(37)30(29)38)33-31(39)35-21-19-34(4)20-22-35/h10-12,15-16,24,26-27,29H,5-9,13-14,17-23H2,1-4H3,(H,33,39)/b11-10+,16-15+,25-12+/t24-,26+,27-,29-/m1/s1. The Morgan fingerprint density at radius 1 is 1.00 bits per heavy atom. The molecule has 0 aromatic heterocycles. The summed E-state index contributed by atoms with van der Waals surface area (Å²) in [6, 6.07) is -0.166. The molecule has 1 aliphatic carbocycles. The van der Waals surface area contributed by atoms with E-state index < -0.39 is 5.92 Å². The maximum Gasteiger partial charge on any atom is 0.409 e. The number of allylic oxidation sites excluding steroid dienone is 4. The van der Waals surface area contributed by atoms with Crippen molar-refractivity contribution in [3.8, 4) is 0 Å². The van der Waals surface area contributed by atoms with Crippen molar-refractivity contribution >= 4 is 23.7 Å². The van der Waals surface area contributed by atoms with Gasteiger partial charge in [0.1, 0.15) is 0 Å². The summed E-state index contributed by atoms with van der Waals surface area (Å²) in [5, 5.41) is 3.19. The molecule has 9 nitrogen and oxygen atoms in total. The summed E-state index contributed by atoms with van der Waals surface area (Å²) in [5.41, 5.74) is 0.813. The molecule has 1 N–H and O–H groups in total. The van der Waals surface area contributed by atoms with E-state index in [1.165, 1.54) is 0 Å². The number of likely N-dealkylation sites (tertiary alicyclic amines) is 1. The Morgan fingerprint density at radius 2 is 1.71 bits per heavy atom. The molecule has 0 radical (unpaired) electrons. The third-order valence-electron chi connectivity index (χ3n) is 8.37. The largest absolute Gasteiger partial charge is 0.449 e. The van der Waals surface area contributed by atoms with Gasteiger partial charge in [0, 0.05) is 57.6 Å². The van der Waals surface area contributed by atoms with Gasteiger partial charge in [0.15, 0.2) is 5.78 Å². The number of carbonyl (C=O) groups is 4. The topological polar surface area (TPSA) is 99.3 Å². The fourth-order valence-corrected chi connectivity index (χ4v) is 5.63. The van der Waals surface area contributed by atoms with E-state index >= 15 is 0 Å². The second-order valence-corrected chi connectivity index (χ2v) is 12.0. The number of amides is 3. The Hall–Kier alpha value is -2.94. The average molecular weight is 571 g/mol. The van der Waals surface area contributed by atoms with Crippen molar-refractivity contribution < 1.29 is 23.9 Å². The Labute approximate surface area is 246 Å². The van der Waals surface area contributed by atoms with Crippen LogP contribution in [0.1, 0.15) is 65.7 Å². The predicted octanol–water partition coefficient (Wildman–Crippen LogP) is 4.59. The number of carbonyl (C=O) groups excluding carboxylic acids is 4. The highest BCUT2D eigenvalue weighted by Gasteiger charge is 2.30. The first-order valence-corrected chi connectivity index (χ1v) is 15.4. The number of likely N-dealkylation sites (N-methyl/N-ethyl adjacent to an activating group) is 1. The van der Waals surface area contributed by atoms with Crippen LogP contribution in [0.3, 0.4) is 0 Å². The summed E-state index contributed by atoms with van der Waals surface area (Å²) in [7, 11) is 2.06. The fourth-order valence-electron chi connectivity index (χ4n) is 5.63. The van der Waals surface area contributed by atoms with Gasteiger partial charge in [0.2, 0.25) is 5.78 Å². The van der Waals surface area contributed by atoms with Crippen LogP contribution in [-0.2, 0) is 14.3 Å². The molecule has 2 fully saturated rings. The van der Waals surface area contributed by atoms with E-state index in [2.05, 4.69) is 17.3 Å². The summed E-state index contributed by atoms with van der Waals surface area (Å²) < 4.78 is 5.44. The summed E-state index contributed by atoms with van der Waals surface area (Å²) in [6.07, 6.45) is 14.9. The van der Waals surface area contributed by atoms with Gasteiger partial charge in [-0.15, -0.1) is 0 Å². The molecule has 0 aromatic rings. The number of nitrogens with zero attached hydrogens (tertiary/aromatic N) is 3. The summed E-state index contributed by atoms with van der Waals surface area (Å²) in [6.45, 7) is 10.8. The Kier molecular flexibility index (Phi) is 13.1. The van der Waals surface area contributed by atoms with Crippen molar-refractivity contribution in [3.63, 3.8) is 0 Å². The molecule has 2 aliphatic heterocycles. The van der Waals surface area contributed by atoms with Crippen molar-refractivity contribution in [2.75, 3.05) is 52.9 Å². The smallest absolute Gasteiger partial charge is 0.409 e. The van der Waals surface area contributed by atoms with Gasteiger partial charge in [-0.1, -0.05) is 62.6 Å². The molecule has 3 aliphatic rings. The molecule has 0 spiro atoms. The zero-order chi connectivity index (χ0) is 29.8. The molecule has 3 amide bonds. The lowest BCUT2D eigenvalue weighted by atomic mass is 9.81. The average Bonchev–Trinajstić information content (AvgIpc) is 3.49. The summed E-state index contributed by atoms with van der Waals surface area (Å²) in [4.78, 5) is 57.0. The van der Waals surface area contributed by atoms with Crippen molar-refractivity contribution in [1.82, 2.24) is 20.0 Å². The van der Waals surface area contributed by atoms with Gasteiger partial charge in [0.05, 0.1) is 12.5 Å². The number of Topliss-reactive ketones (excluding diaryl/α,β-unsaturated/α-hetero) is 2. The molecule has 3 rings (SSSR count). The zero-order valence-corrected chi connectivity index (χ0v) is 25.5. The molecular weight excluding hydrogens is 520 g/mol. The number of nitrogens with one attached hydrogen (secondary N) is 1. The lowest BCUT2D eigenvalue weighted by Gasteiger charge is -2.33. The first-order chi connectivity index (χ1) is 19.7. The van der Waals surface area contributed by atoms with Gasteiger partial charge in [0.25, 0.3) is 0 Å². The number of urea groups is 1. The van der Waals surface area contributed by atoms with Crippen LogP contribution in [0.25, 0.3) is 0 Å². The molecule has 0 unspecified atom stereocenters. The van der Waals surface area contributed by atoms with Crippen molar-refractivity contribution in [1.29, 1.82) is 0 Å². The normalized spacial score (nSPS) is 27.3. The molecule has 9 heteroatoms. The van der Waals surface area contributed by atoms with Crippen LogP contribution >= 0.6 is 0 Å². The van der Waals surface area contributed by atoms with Gasteiger partial charge < -0.3 is 24.8 Å². The fraction of sp³-hybridized carbons (Fsp3) is 0.688. The van der Waals surface area contributed by atoms with E-state index in [0.717, 1.165) is 63.9 Å². The second kappa shape index (κ2) is 16.5. The van der Waals surface area contributed by atoms with Crippen molar-refractivity contribution in [2.24, 2.45) is 17.8 Å². The van der Waals surface area contributed by atoms with Gasteiger partial charge in [-0.25, -0.2) is 9.59 Å². The highest BCUT2D eigenvalue weighted by Crippen LogP contribution is 2.26. The predicted molar refractivity (Wildman–Crippen MR) is 160 cm³/mol. The van der Waals surface area contributed by atoms with Gasteiger partial charge >= 0.3 is 12.1 Å². The number of piperazine rings is 1. The van der Waals surface area contributed by atoms with E-state index in [9.17, 15) is 19.2 Å². The van der Waals surface area contributed by atoms with Crippen LogP contribution in [-0.4, -0.2) is 97.4 Å². The monoisotopic (exact) mass is 570 g/mol. The molecule has 41 heavy (non-hydrogen) atoms. The molecule has 2 heterocycles.